The normalized spacial score (nSPS) is 20.9. The molecule has 130 valence electrons. The van der Waals surface area contributed by atoms with E-state index in [4.69, 9.17) is 4.42 Å². The maximum Gasteiger partial charge on any atom is 0.233 e. The summed E-state index contributed by atoms with van der Waals surface area (Å²) in [4.78, 5) is 14.4. The van der Waals surface area contributed by atoms with E-state index in [0.29, 0.717) is 23.5 Å². The van der Waals surface area contributed by atoms with Crippen LogP contribution in [0, 0.1) is 5.92 Å². The molecular weight excluding hydrogens is 326 g/mol. The lowest BCUT2D eigenvalue weighted by Crippen LogP contribution is -2.40. The van der Waals surface area contributed by atoms with Crippen LogP contribution in [0.4, 0.5) is 0 Å². The van der Waals surface area contributed by atoms with Crippen LogP contribution in [0.5, 0.6) is 0 Å². The maximum absolute atomic E-state index is 12.5. The highest BCUT2D eigenvalue weighted by Crippen LogP contribution is 2.27. The first-order valence-corrected chi connectivity index (χ1v) is 9.29. The third kappa shape index (κ3) is 4.17. The van der Waals surface area contributed by atoms with Gasteiger partial charge in [0.15, 0.2) is 0 Å². The Kier molecular flexibility index (Phi) is 5.55. The van der Waals surface area contributed by atoms with E-state index in [1.807, 2.05) is 24.1 Å². The minimum Gasteiger partial charge on any atom is -0.467 e. The van der Waals surface area contributed by atoms with Crippen LogP contribution in [-0.4, -0.2) is 49.9 Å². The molecule has 0 aliphatic heterocycles. The number of nitrogens with zero attached hydrogens (tertiary/aromatic N) is 5. The van der Waals surface area contributed by atoms with Crippen molar-refractivity contribution in [2.24, 2.45) is 5.92 Å². The van der Waals surface area contributed by atoms with Crippen LogP contribution in [0.1, 0.15) is 38.4 Å². The van der Waals surface area contributed by atoms with Crippen molar-refractivity contribution in [3.63, 3.8) is 0 Å². The molecular formula is C16H23N5O2S. The summed E-state index contributed by atoms with van der Waals surface area (Å²) in [5, 5.41) is 12.3. The predicted octanol–water partition coefficient (Wildman–Crippen LogP) is 2.44. The molecule has 0 unspecified atom stereocenters. The lowest BCUT2D eigenvalue weighted by Gasteiger charge is -2.33. The fourth-order valence-electron chi connectivity index (χ4n) is 3.01. The van der Waals surface area contributed by atoms with E-state index in [2.05, 4.69) is 22.4 Å². The zero-order valence-electron chi connectivity index (χ0n) is 14.1. The van der Waals surface area contributed by atoms with Gasteiger partial charge in [-0.1, -0.05) is 18.7 Å². The van der Waals surface area contributed by atoms with Crippen molar-refractivity contribution in [1.29, 1.82) is 0 Å². The fourth-order valence-corrected chi connectivity index (χ4v) is 3.81. The standard InChI is InChI=1S/C16H23N5O2S/c1-12-5-7-13(8-6-12)20(2)15(22)11-24-16-17-18-19-21(16)10-14-4-3-9-23-14/h3-4,9,12-13H,5-8,10-11H2,1-2H3. The van der Waals surface area contributed by atoms with Crippen LogP contribution in [-0.2, 0) is 11.3 Å². The molecule has 0 radical (unpaired) electrons. The number of hydrogen-bond donors (Lipinski definition) is 0. The van der Waals surface area contributed by atoms with E-state index in [-0.39, 0.29) is 5.91 Å². The first kappa shape index (κ1) is 17.0. The van der Waals surface area contributed by atoms with Crippen LogP contribution in [0.3, 0.4) is 0 Å². The summed E-state index contributed by atoms with van der Waals surface area (Å²) < 4.78 is 6.96. The molecule has 1 fully saturated rings. The van der Waals surface area contributed by atoms with E-state index in [1.165, 1.54) is 24.6 Å². The first-order valence-electron chi connectivity index (χ1n) is 8.30. The number of thioether (sulfide) groups is 1. The van der Waals surface area contributed by atoms with Gasteiger partial charge in [-0.15, -0.1) is 5.10 Å². The molecule has 1 amide bonds. The van der Waals surface area contributed by atoms with E-state index in [9.17, 15) is 4.79 Å². The smallest absolute Gasteiger partial charge is 0.233 e. The summed E-state index contributed by atoms with van der Waals surface area (Å²) in [5.74, 6) is 2.04. The third-order valence-electron chi connectivity index (χ3n) is 4.64. The Labute approximate surface area is 145 Å². The van der Waals surface area contributed by atoms with Crippen molar-refractivity contribution < 1.29 is 9.21 Å². The fraction of sp³-hybridized carbons (Fsp3) is 0.625. The van der Waals surface area contributed by atoms with Gasteiger partial charge < -0.3 is 9.32 Å². The van der Waals surface area contributed by atoms with Gasteiger partial charge in [-0.25, -0.2) is 4.68 Å². The molecule has 0 aromatic carbocycles. The highest BCUT2D eigenvalue weighted by Gasteiger charge is 2.25. The highest BCUT2D eigenvalue weighted by atomic mass is 32.2. The molecule has 2 aromatic rings. The third-order valence-corrected chi connectivity index (χ3v) is 5.58. The van der Waals surface area contributed by atoms with Crippen molar-refractivity contribution in [3.8, 4) is 0 Å². The molecule has 8 heteroatoms. The Morgan fingerprint density at radius 1 is 1.42 bits per heavy atom. The zero-order valence-corrected chi connectivity index (χ0v) is 14.9. The number of furan rings is 1. The molecule has 0 atom stereocenters. The van der Waals surface area contributed by atoms with Gasteiger partial charge in [0.2, 0.25) is 11.1 Å². The molecule has 7 nitrogen and oxygen atoms in total. The van der Waals surface area contributed by atoms with Crippen molar-refractivity contribution in [2.45, 2.75) is 50.4 Å². The SMILES string of the molecule is CC1CCC(N(C)C(=O)CSc2nnnn2Cc2ccco2)CC1. The second-order valence-electron chi connectivity index (χ2n) is 6.41. The lowest BCUT2D eigenvalue weighted by molar-refractivity contribution is -0.129. The lowest BCUT2D eigenvalue weighted by atomic mass is 9.87. The largest absolute Gasteiger partial charge is 0.467 e. The number of carbonyl (C=O) groups is 1. The molecule has 0 spiro atoms. The second kappa shape index (κ2) is 7.83. The summed E-state index contributed by atoms with van der Waals surface area (Å²) in [6.45, 7) is 2.75. The molecule has 1 aliphatic rings. The molecule has 0 saturated heterocycles. The van der Waals surface area contributed by atoms with Gasteiger partial charge in [0.25, 0.3) is 0 Å². The number of aromatic nitrogens is 4. The van der Waals surface area contributed by atoms with Crippen molar-refractivity contribution in [1.82, 2.24) is 25.1 Å². The van der Waals surface area contributed by atoms with E-state index < -0.39 is 0 Å². The molecule has 0 bridgehead atoms. The molecule has 1 saturated carbocycles. The molecule has 2 aromatic heterocycles. The van der Waals surface area contributed by atoms with Gasteiger partial charge >= 0.3 is 0 Å². The Hall–Kier alpha value is -1.83. The first-order chi connectivity index (χ1) is 11.6. The summed E-state index contributed by atoms with van der Waals surface area (Å²) in [5.41, 5.74) is 0. The Balaban J connectivity index is 1.52. The minimum atomic E-state index is 0.132. The van der Waals surface area contributed by atoms with E-state index in [1.54, 1.807) is 10.9 Å². The quantitative estimate of drug-likeness (QED) is 0.746. The minimum absolute atomic E-state index is 0.132. The number of tetrazole rings is 1. The highest BCUT2D eigenvalue weighted by molar-refractivity contribution is 7.99. The van der Waals surface area contributed by atoms with Crippen molar-refractivity contribution in [3.05, 3.63) is 24.2 Å². The summed E-state index contributed by atoms with van der Waals surface area (Å²) in [6.07, 6.45) is 6.23. The Bertz CT molecular complexity index is 649. The van der Waals surface area contributed by atoms with Crippen LogP contribution < -0.4 is 0 Å². The molecule has 2 heterocycles. The number of rotatable bonds is 6. The maximum atomic E-state index is 12.5. The van der Waals surface area contributed by atoms with Gasteiger partial charge in [-0.3, -0.25) is 4.79 Å². The topological polar surface area (TPSA) is 77.1 Å². The molecule has 1 aliphatic carbocycles. The summed E-state index contributed by atoms with van der Waals surface area (Å²) >= 11 is 1.37. The van der Waals surface area contributed by atoms with Gasteiger partial charge in [-0.2, -0.15) is 0 Å². The van der Waals surface area contributed by atoms with Crippen molar-refractivity contribution in [2.75, 3.05) is 12.8 Å². The number of amides is 1. The predicted molar refractivity (Wildman–Crippen MR) is 90.5 cm³/mol. The van der Waals surface area contributed by atoms with Crippen LogP contribution in [0.2, 0.25) is 0 Å². The average Bonchev–Trinajstić information content (AvgIpc) is 3.25. The van der Waals surface area contributed by atoms with Gasteiger partial charge in [-0.05, 0) is 54.2 Å². The zero-order chi connectivity index (χ0) is 16.9. The van der Waals surface area contributed by atoms with Crippen LogP contribution in [0.25, 0.3) is 0 Å². The number of hydrogen-bond acceptors (Lipinski definition) is 6. The van der Waals surface area contributed by atoms with Crippen LogP contribution in [0.15, 0.2) is 28.0 Å². The number of carbonyl (C=O) groups excluding carboxylic acids is 1. The van der Waals surface area contributed by atoms with Gasteiger partial charge in [0, 0.05) is 13.1 Å². The van der Waals surface area contributed by atoms with E-state index in [0.717, 1.165) is 24.5 Å². The Morgan fingerprint density at radius 3 is 2.92 bits per heavy atom. The van der Waals surface area contributed by atoms with Gasteiger partial charge in [0.05, 0.1) is 12.0 Å². The summed E-state index contributed by atoms with van der Waals surface area (Å²) in [7, 11) is 1.91. The Morgan fingerprint density at radius 2 is 2.21 bits per heavy atom. The second-order valence-corrected chi connectivity index (χ2v) is 7.35. The molecule has 24 heavy (non-hydrogen) atoms. The van der Waals surface area contributed by atoms with E-state index >= 15 is 0 Å². The monoisotopic (exact) mass is 349 g/mol. The molecule has 3 rings (SSSR count). The van der Waals surface area contributed by atoms with Gasteiger partial charge in [0.1, 0.15) is 12.3 Å². The van der Waals surface area contributed by atoms with Crippen molar-refractivity contribution >= 4 is 17.7 Å². The molecule has 0 N–H and O–H groups in total. The van der Waals surface area contributed by atoms with Crippen LogP contribution >= 0.6 is 11.8 Å². The average molecular weight is 349 g/mol. The summed E-state index contributed by atoms with van der Waals surface area (Å²) in [6, 6.07) is 4.07.